The molecule has 0 atom stereocenters. The smallest absolute Gasteiger partial charge is 0.299 e. The molecular formula is C18H23F3N4. The molecule has 1 aromatic heterocycles. The monoisotopic (exact) mass is 352 g/mol. The van der Waals surface area contributed by atoms with Crippen molar-refractivity contribution in [3.8, 4) is 0 Å². The van der Waals surface area contributed by atoms with Crippen molar-refractivity contribution in [1.29, 1.82) is 0 Å². The second-order valence-corrected chi connectivity index (χ2v) is 6.76. The molecule has 4 nitrogen and oxygen atoms in total. The summed E-state index contributed by atoms with van der Waals surface area (Å²) in [5, 5.41) is 3.91. The quantitative estimate of drug-likeness (QED) is 0.824. The number of rotatable bonds is 5. The van der Waals surface area contributed by atoms with Crippen LogP contribution in [0.3, 0.4) is 0 Å². The molecule has 2 aromatic rings. The van der Waals surface area contributed by atoms with Crippen LogP contribution in [0, 0.1) is 12.8 Å². The zero-order valence-corrected chi connectivity index (χ0v) is 14.3. The summed E-state index contributed by atoms with van der Waals surface area (Å²) in [6.45, 7) is 3.43. The first kappa shape index (κ1) is 17.9. The maximum Gasteiger partial charge on any atom is 0.408 e. The molecule has 7 heteroatoms. The van der Waals surface area contributed by atoms with Gasteiger partial charge in [0.15, 0.2) is 0 Å². The Kier molecular flexibility index (Phi) is 5.42. The standard InChI is InChI=1S/C18H23F3N4/c1-14-22-17(25(23-14)13-18(19,20)21)11-15-7-9-24(10-8-15)12-16-5-3-2-4-6-16/h2-6,15H,7-13H2,1H3. The molecule has 0 spiro atoms. The van der Waals surface area contributed by atoms with E-state index in [0.717, 1.165) is 37.2 Å². The Morgan fingerprint density at radius 3 is 2.44 bits per heavy atom. The molecule has 0 radical (unpaired) electrons. The fourth-order valence-corrected chi connectivity index (χ4v) is 3.40. The second kappa shape index (κ2) is 7.56. The molecule has 2 heterocycles. The highest BCUT2D eigenvalue weighted by atomic mass is 19.4. The minimum Gasteiger partial charge on any atom is -0.299 e. The summed E-state index contributed by atoms with van der Waals surface area (Å²) in [5.74, 6) is 1.22. The van der Waals surface area contributed by atoms with Crippen molar-refractivity contribution in [3.05, 3.63) is 47.5 Å². The summed E-state index contributed by atoms with van der Waals surface area (Å²) < 4.78 is 39.0. The zero-order chi connectivity index (χ0) is 17.9. The van der Waals surface area contributed by atoms with Crippen LogP contribution >= 0.6 is 0 Å². The van der Waals surface area contributed by atoms with E-state index in [1.54, 1.807) is 6.92 Å². The van der Waals surface area contributed by atoms with Crippen LogP contribution in [0.2, 0.25) is 0 Å². The summed E-state index contributed by atoms with van der Waals surface area (Å²) in [5.41, 5.74) is 1.29. The topological polar surface area (TPSA) is 34.0 Å². The van der Waals surface area contributed by atoms with E-state index in [0.29, 0.717) is 24.0 Å². The third kappa shape index (κ3) is 5.29. The van der Waals surface area contributed by atoms with E-state index in [9.17, 15) is 13.2 Å². The van der Waals surface area contributed by atoms with Crippen molar-refractivity contribution in [1.82, 2.24) is 19.7 Å². The second-order valence-electron chi connectivity index (χ2n) is 6.76. The van der Waals surface area contributed by atoms with E-state index in [1.807, 2.05) is 18.2 Å². The van der Waals surface area contributed by atoms with Gasteiger partial charge in [-0.3, -0.25) is 4.90 Å². The lowest BCUT2D eigenvalue weighted by molar-refractivity contribution is -0.143. The molecule has 3 rings (SSSR count). The van der Waals surface area contributed by atoms with Crippen LogP contribution in [0.1, 0.15) is 30.1 Å². The molecule has 25 heavy (non-hydrogen) atoms. The highest BCUT2D eigenvalue weighted by Crippen LogP contribution is 2.24. The molecule has 1 fully saturated rings. The van der Waals surface area contributed by atoms with Crippen molar-refractivity contribution in [2.75, 3.05) is 13.1 Å². The number of nitrogens with zero attached hydrogens (tertiary/aromatic N) is 4. The van der Waals surface area contributed by atoms with Gasteiger partial charge >= 0.3 is 6.18 Å². The molecule has 0 aliphatic carbocycles. The molecule has 0 N–H and O–H groups in total. The first-order valence-electron chi connectivity index (χ1n) is 8.62. The molecule has 0 unspecified atom stereocenters. The molecule has 1 aromatic carbocycles. The lowest BCUT2D eigenvalue weighted by atomic mass is 9.93. The predicted molar refractivity (Wildman–Crippen MR) is 89.0 cm³/mol. The lowest BCUT2D eigenvalue weighted by Gasteiger charge is -2.31. The van der Waals surface area contributed by atoms with Gasteiger partial charge in [-0.15, -0.1) is 0 Å². The molecule has 1 saturated heterocycles. The molecule has 0 saturated carbocycles. The van der Waals surface area contributed by atoms with Gasteiger partial charge in [0.05, 0.1) is 0 Å². The summed E-state index contributed by atoms with van der Waals surface area (Å²) in [7, 11) is 0. The number of hydrogen-bond acceptors (Lipinski definition) is 3. The summed E-state index contributed by atoms with van der Waals surface area (Å²) >= 11 is 0. The summed E-state index contributed by atoms with van der Waals surface area (Å²) in [6.07, 6.45) is -1.75. The minimum atomic E-state index is -4.27. The highest BCUT2D eigenvalue weighted by Gasteiger charge is 2.31. The number of benzene rings is 1. The minimum absolute atomic E-state index is 0.364. The van der Waals surface area contributed by atoms with Gasteiger partial charge in [0.1, 0.15) is 18.2 Å². The van der Waals surface area contributed by atoms with E-state index in [4.69, 9.17) is 0 Å². The van der Waals surface area contributed by atoms with Gasteiger partial charge in [0, 0.05) is 13.0 Å². The van der Waals surface area contributed by atoms with Crippen molar-refractivity contribution >= 4 is 0 Å². The van der Waals surface area contributed by atoms with E-state index in [2.05, 4.69) is 27.1 Å². The number of alkyl halides is 3. The fourth-order valence-electron chi connectivity index (χ4n) is 3.40. The summed E-state index contributed by atoms with van der Waals surface area (Å²) in [4.78, 5) is 6.61. The van der Waals surface area contributed by atoms with Crippen molar-refractivity contribution < 1.29 is 13.2 Å². The Labute approximate surface area is 145 Å². The number of aryl methyl sites for hydroxylation is 1. The zero-order valence-electron chi connectivity index (χ0n) is 14.3. The largest absolute Gasteiger partial charge is 0.408 e. The van der Waals surface area contributed by atoms with E-state index >= 15 is 0 Å². The average molecular weight is 352 g/mol. The maximum absolute atomic E-state index is 12.7. The summed E-state index contributed by atoms with van der Waals surface area (Å²) in [6, 6.07) is 10.3. The van der Waals surface area contributed by atoms with Gasteiger partial charge in [0.2, 0.25) is 0 Å². The third-order valence-electron chi connectivity index (χ3n) is 4.61. The normalized spacial score (nSPS) is 17.1. The third-order valence-corrected chi connectivity index (χ3v) is 4.61. The fraction of sp³-hybridized carbons (Fsp3) is 0.556. The van der Waals surface area contributed by atoms with Crippen LogP contribution < -0.4 is 0 Å². The van der Waals surface area contributed by atoms with E-state index < -0.39 is 12.7 Å². The van der Waals surface area contributed by atoms with Crippen molar-refractivity contribution in [2.45, 2.75) is 45.5 Å². The number of aromatic nitrogens is 3. The van der Waals surface area contributed by atoms with E-state index in [-0.39, 0.29) is 0 Å². The van der Waals surface area contributed by atoms with Crippen LogP contribution in [0.15, 0.2) is 30.3 Å². The van der Waals surface area contributed by atoms with Crippen LogP contribution in [0.5, 0.6) is 0 Å². The average Bonchev–Trinajstić information content (AvgIpc) is 2.87. The Hall–Kier alpha value is -1.89. The molecule has 0 bridgehead atoms. The molecule has 1 aliphatic heterocycles. The van der Waals surface area contributed by atoms with Crippen LogP contribution in [0.25, 0.3) is 0 Å². The lowest BCUT2D eigenvalue weighted by Crippen LogP contribution is -2.34. The van der Waals surface area contributed by atoms with Gasteiger partial charge in [-0.05, 0) is 44.3 Å². The Balaban J connectivity index is 1.54. The van der Waals surface area contributed by atoms with Crippen LogP contribution in [-0.4, -0.2) is 38.9 Å². The SMILES string of the molecule is Cc1nc(CC2CCN(Cc3ccccc3)CC2)n(CC(F)(F)F)n1. The Bertz CT molecular complexity index is 673. The number of hydrogen-bond donors (Lipinski definition) is 0. The molecule has 0 amide bonds. The van der Waals surface area contributed by atoms with Crippen molar-refractivity contribution in [2.24, 2.45) is 5.92 Å². The number of likely N-dealkylation sites (tertiary alicyclic amines) is 1. The Morgan fingerprint density at radius 1 is 1.12 bits per heavy atom. The highest BCUT2D eigenvalue weighted by molar-refractivity contribution is 5.14. The van der Waals surface area contributed by atoms with Crippen LogP contribution in [-0.2, 0) is 19.5 Å². The first-order chi connectivity index (χ1) is 11.9. The predicted octanol–water partition coefficient (Wildman–Crippen LogP) is 3.60. The van der Waals surface area contributed by atoms with Gasteiger partial charge in [-0.25, -0.2) is 9.67 Å². The number of halogens is 3. The Morgan fingerprint density at radius 2 is 1.80 bits per heavy atom. The maximum atomic E-state index is 12.7. The molecule has 136 valence electrons. The van der Waals surface area contributed by atoms with E-state index in [1.165, 1.54) is 5.56 Å². The van der Waals surface area contributed by atoms with Crippen LogP contribution in [0.4, 0.5) is 13.2 Å². The van der Waals surface area contributed by atoms with Gasteiger partial charge in [-0.2, -0.15) is 18.3 Å². The van der Waals surface area contributed by atoms with Gasteiger partial charge < -0.3 is 0 Å². The number of piperidine rings is 1. The van der Waals surface area contributed by atoms with Gasteiger partial charge in [0.25, 0.3) is 0 Å². The molecule has 1 aliphatic rings. The van der Waals surface area contributed by atoms with Gasteiger partial charge in [-0.1, -0.05) is 30.3 Å². The molecular weight excluding hydrogens is 329 g/mol. The first-order valence-corrected chi connectivity index (χ1v) is 8.62. The van der Waals surface area contributed by atoms with Crippen molar-refractivity contribution in [3.63, 3.8) is 0 Å².